The van der Waals surface area contributed by atoms with E-state index >= 15 is 0 Å². The van der Waals surface area contributed by atoms with E-state index in [4.69, 9.17) is 0 Å². The van der Waals surface area contributed by atoms with Crippen molar-refractivity contribution in [3.63, 3.8) is 0 Å². The molecule has 0 radical (unpaired) electrons. The van der Waals surface area contributed by atoms with Crippen LogP contribution < -0.4 is 5.32 Å². The van der Waals surface area contributed by atoms with Crippen LogP contribution in [0.2, 0.25) is 0 Å². The third kappa shape index (κ3) is 2.31. The highest BCUT2D eigenvalue weighted by Crippen LogP contribution is 2.25. The lowest BCUT2D eigenvalue weighted by Crippen LogP contribution is -2.22. The standard InChI is InChI=1S/C13H16N2S/c1-3-14-12(13-15-8-9-16-13)11-7-5-4-6-10(11)2/h4-9,12,14H,3H2,1-2H3. The first-order chi connectivity index (χ1) is 7.83. The Labute approximate surface area is 100 Å². The van der Waals surface area contributed by atoms with Crippen molar-refractivity contribution < 1.29 is 0 Å². The molecule has 0 saturated carbocycles. The summed E-state index contributed by atoms with van der Waals surface area (Å²) in [6, 6.07) is 8.70. The van der Waals surface area contributed by atoms with Crippen LogP contribution in [-0.4, -0.2) is 11.5 Å². The van der Waals surface area contributed by atoms with Gasteiger partial charge in [-0.25, -0.2) is 4.98 Å². The summed E-state index contributed by atoms with van der Waals surface area (Å²) in [5.74, 6) is 0. The number of nitrogens with one attached hydrogen (secondary N) is 1. The second kappa shape index (κ2) is 5.23. The summed E-state index contributed by atoms with van der Waals surface area (Å²) < 4.78 is 0. The summed E-state index contributed by atoms with van der Waals surface area (Å²) in [6.45, 7) is 5.21. The number of rotatable bonds is 4. The van der Waals surface area contributed by atoms with Crippen molar-refractivity contribution in [3.8, 4) is 0 Å². The van der Waals surface area contributed by atoms with Gasteiger partial charge in [-0.05, 0) is 24.6 Å². The maximum absolute atomic E-state index is 4.41. The van der Waals surface area contributed by atoms with Crippen LogP contribution in [0.4, 0.5) is 0 Å². The lowest BCUT2D eigenvalue weighted by Gasteiger charge is -2.17. The maximum atomic E-state index is 4.41. The van der Waals surface area contributed by atoms with Gasteiger partial charge in [0.1, 0.15) is 5.01 Å². The van der Waals surface area contributed by atoms with E-state index in [0.29, 0.717) is 0 Å². The lowest BCUT2D eigenvalue weighted by atomic mass is 10.0. The molecule has 2 aromatic rings. The lowest BCUT2D eigenvalue weighted by molar-refractivity contribution is 0.624. The third-order valence-corrected chi connectivity index (χ3v) is 3.45. The molecule has 1 aromatic carbocycles. The highest BCUT2D eigenvalue weighted by molar-refractivity contribution is 7.09. The van der Waals surface area contributed by atoms with E-state index in [9.17, 15) is 0 Å². The minimum atomic E-state index is 0.228. The second-order valence-corrected chi connectivity index (χ2v) is 4.64. The summed E-state index contributed by atoms with van der Waals surface area (Å²) in [5, 5.41) is 6.65. The minimum Gasteiger partial charge on any atom is -0.305 e. The van der Waals surface area contributed by atoms with Crippen LogP contribution in [0.3, 0.4) is 0 Å². The molecule has 1 N–H and O–H groups in total. The van der Waals surface area contributed by atoms with E-state index in [0.717, 1.165) is 11.6 Å². The number of nitrogens with zero attached hydrogens (tertiary/aromatic N) is 1. The van der Waals surface area contributed by atoms with Gasteiger partial charge in [0.15, 0.2) is 0 Å². The van der Waals surface area contributed by atoms with Gasteiger partial charge in [0.05, 0.1) is 6.04 Å². The van der Waals surface area contributed by atoms with E-state index < -0.39 is 0 Å². The van der Waals surface area contributed by atoms with Gasteiger partial charge in [0, 0.05) is 11.6 Å². The van der Waals surface area contributed by atoms with Gasteiger partial charge in [-0.2, -0.15) is 0 Å². The Bertz CT molecular complexity index is 437. The molecule has 84 valence electrons. The normalized spacial score (nSPS) is 12.6. The molecule has 3 heteroatoms. The zero-order valence-corrected chi connectivity index (χ0v) is 10.4. The largest absolute Gasteiger partial charge is 0.305 e. The van der Waals surface area contributed by atoms with Crippen LogP contribution in [-0.2, 0) is 0 Å². The average Bonchev–Trinajstić information content (AvgIpc) is 2.80. The first-order valence-electron chi connectivity index (χ1n) is 5.51. The number of hydrogen-bond donors (Lipinski definition) is 1. The van der Waals surface area contributed by atoms with Gasteiger partial charge in [-0.15, -0.1) is 11.3 Å². The number of hydrogen-bond acceptors (Lipinski definition) is 3. The van der Waals surface area contributed by atoms with Crippen molar-refractivity contribution in [2.75, 3.05) is 6.54 Å². The summed E-state index contributed by atoms with van der Waals surface area (Å²) in [5.41, 5.74) is 2.63. The first-order valence-corrected chi connectivity index (χ1v) is 6.39. The molecule has 0 saturated heterocycles. The van der Waals surface area contributed by atoms with Gasteiger partial charge in [-0.1, -0.05) is 31.2 Å². The maximum Gasteiger partial charge on any atom is 0.114 e. The fourth-order valence-electron chi connectivity index (χ4n) is 1.82. The molecule has 1 heterocycles. The summed E-state index contributed by atoms with van der Waals surface area (Å²) >= 11 is 1.70. The monoisotopic (exact) mass is 232 g/mol. The molecule has 0 aliphatic rings. The molecule has 0 amide bonds. The Morgan fingerprint density at radius 2 is 2.19 bits per heavy atom. The van der Waals surface area contributed by atoms with Crippen molar-refractivity contribution >= 4 is 11.3 Å². The van der Waals surface area contributed by atoms with Crippen molar-refractivity contribution in [1.29, 1.82) is 0 Å². The Morgan fingerprint density at radius 3 is 2.81 bits per heavy atom. The molecule has 1 unspecified atom stereocenters. The SMILES string of the molecule is CCNC(c1nccs1)c1ccccc1C. The molecule has 0 bridgehead atoms. The van der Waals surface area contributed by atoms with Crippen molar-refractivity contribution in [3.05, 3.63) is 52.0 Å². The smallest absolute Gasteiger partial charge is 0.114 e. The van der Waals surface area contributed by atoms with Crippen LogP contribution in [0.15, 0.2) is 35.8 Å². The number of benzene rings is 1. The van der Waals surface area contributed by atoms with E-state index in [1.807, 2.05) is 11.6 Å². The summed E-state index contributed by atoms with van der Waals surface area (Å²) in [4.78, 5) is 4.41. The Kier molecular flexibility index (Phi) is 3.70. The van der Waals surface area contributed by atoms with Gasteiger partial charge >= 0.3 is 0 Å². The Morgan fingerprint density at radius 1 is 1.38 bits per heavy atom. The van der Waals surface area contributed by atoms with Gasteiger partial charge in [0.2, 0.25) is 0 Å². The molecule has 16 heavy (non-hydrogen) atoms. The average molecular weight is 232 g/mol. The van der Waals surface area contributed by atoms with Crippen LogP contribution in [0, 0.1) is 6.92 Å². The predicted octanol–water partition coefficient (Wildman–Crippen LogP) is 3.15. The number of aryl methyl sites for hydroxylation is 1. The molecule has 0 aliphatic heterocycles. The van der Waals surface area contributed by atoms with Crippen molar-refractivity contribution in [1.82, 2.24) is 10.3 Å². The second-order valence-electron chi connectivity index (χ2n) is 3.72. The van der Waals surface area contributed by atoms with E-state index in [1.165, 1.54) is 11.1 Å². The van der Waals surface area contributed by atoms with Crippen LogP contribution in [0.25, 0.3) is 0 Å². The van der Waals surface area contributed by atoms with Gasteiger partial charge in [-0.3, -0.25) is 0 Å². The van der Waals surface area contributed by atoms with E-state index in [-0.39, 0.29) is 6.04 Å². The van der Waals surface area contributed by atoms with E-state index in [1.54, 1.807) is 11.3 Å². The van der Waals surface area contributed by atoms with Crippen LogP contribution in [0.1, 0.15) is 29.1 Å². The minimum absolute atomic E-state index is 0.228. The Hall–Kier alpha value is -1.19. The first kappa shape index (κ1) is 11.3. The quantitative estimate of drug-likeness (QED) is 0.876. The van der Waals surface area contributed by atoms with Gasteiger partial charge in [0.25, 0.3) is 0 Å². The number of aromatic nitrogens is 1. The predicted molar refractivity (Wildman–Crippen MR) is 68.8 cm³/mol. The fraction of sp³-hybridized carbons (Fsp3) is 0.308. The molecule has 0 spiro atoms. The molecule has 0 fully saturated rings. The van der Waals surface area contributed by atoms with Crippen LogP contribution in [0.5, 0.6) is 0 Å². The third-order valence-electron chi connectivity index (χ3n) is 2.61. The summed E-state index contributed by atoms with van der Waals surface area (Å²) in [7, 11) is 0. The molecule has 2 nitrogen and oxygen atoms in total. The van der Waals surface area contributed by atoms with E-state index in [2.05, 4.69) is 48.4 Å². The molecular formula is C13H16N2S. The van der Waals surface area contributed by atoms with Gasteiger partial charge < -0.3 is 5.32 Å². The molecular weight excluding hydrogens is 216 g/mol. The Balaban J connectivity index is 2.37. The highest BCUT2D eigenvalue weighted by Gasteiger charge is 2.16. The zero-order valence-electron chi connectivity index (χ0n) is 9.60. The molecule has 0 aliphatic carbocycles. The van der Waals surface area contributed by atoms with Crippen LogP contribution >= 0.6 is 11.3 Å². The van der Waals surface area contributed by atoms with Crippen molar-refractivity contribution in [2.24, 2.45) is 0 Å². The number of thiazole rings is 1. The topological polar surface area (TPSA) is 24.9 Å². The zero-order chi connectivity index (χ0) is 11.4. The fourth-order valence-corrected chi connectivity index (χ4v) is 2.55. The summed E-state index contributed by atoms with van der Waals surface area (Å²) in [6.07, 6.45) is 1.86. The molecule has 1 atom stereocenters. The molecule has 1 aromatic heterocycles. The van der Waals surface area contributed by atoms with Crippen molar-refractivity contribution in [2.45, 2.75) is 19.9 Å². The highest BCUT2D eigenvalue weighted by atomic mass is 32.1. The molecule has 2 rings (SSSR count).